The first-order valence-electron chi connectivity index (χ1n) is 4.76. The van der Waals surface area contributed by atoms with E-state index < -0.39 is 23.9 Å². The van der Waals surface area contributed by atoms with Crippen molar-refractivity contribution in [3.8, 4) is 0 Å². The van der Waals surface area contributed by atoms with Crippen LogP contribution in [0.15, 0.2) is 11.6 Å². The second-order valence-electron chi connectivity index (χ2n) is 3.27. The van der Waals surface area contributed by atoms with Crippen molar-refractivity contribution in [3.05, 3.63) is 11.6 Å². The molecule has 0 spiro atoms. The van der Waals surface area contributed by atoms with E-state index in [-0.39, 0.29) is 12.8 Å². The normalized spacial score (nSPS) is 13.0. The summed E-state index contributed by atoms with van der Waals surface area (Å²) in [4.78, 5) is 32.4. The van der Waals surface area contributed by atoms with E-state index in [1.807, 2.05) is 0 Å². The number of nitrogens with one attached hydrogen (secondary N) is 1. The van der Waals surface area contributed by atoms with Crippen LogP contribution >= 0.6 is 0 Å². The molecule has 0 saturated heterocycles. The first-order valence-corrected chi connectivity index (χ1v) is 4.76. The summed E-state index contributed by atoms with van der Waals surface area (Å²) in [7, 11) is 0. The van der Waals surface area contributed by atoms with Crippen LogP contribution in [0.1, 0.15) is 26.7 Å². The van der Waals surface area contributed by atoms with Crippen molar-refractivity contribution >= 4 is 17.8 Å². The summed E-state index contributed by atoms with van der Waals surface area (Å²) in [5.41, 5.74) is 0.390. The molecule has 0 saturated carbocycles. The fourth-order valence-electron chi connectivity index (χ4n) is 0.928. The third kappa shape index (κ3) is 5.14. The van der Waals surface area contributed by atoms with Gasteiger partial charge in [0.25, 0.3) is 0 Å². The second kappa shape index (κ2) is 6.60. The Hall–Kier alpha value is -1.85. The third-order valence-electron chi connectivity index (χ3n) is 2.04. The predicted octanol–water partition coefficient (Wildman–Crippen LogP) is 0.387. The molecule has 0 bridgehead atoms. The number of carboxylic acid groups (broad SMARTS) is 2. The number of allylic oxidation sites excluding steroid dienone is 1. The Labute approximate surface area is 93.0 Å². The van der Waals surface area contributed by atoms with Crippen molar-refractivity contribution in [2.75, 3.05) is 0 Å². The Morgan fingerprint density at radius 1 is 1.31 bits per heavy atom. The van der Waals surface area contributed by atoms with Crippen LogP contribution in [0.2, 0.25) is 0 Å². The van der Waals surface area contributed by atoms with Gasteiger partial charge in [0.2, 0.25) is 5.91 Å². The van der Waals surface area contributed by atoms with Crippen LogP contribution in [-0.2, 0) is 14.4 Å². The molecule has 0 aromatic carbocycles. The Kier molecular flexibility index (Phi) is 5.84. The van der Waals surface area contributed by atoms with E-state index in [0.29, 0.717) is 5.57 Å². The maximum absolute atomic E-state index is 11.3. The Morgan fingerprint density at radius 2 is 1.88 bits per heavy atom. The van der Waals surface area contributed by atoms with Gasteiger partial charge in [-0.3, -0.25) is 9.59 Å². The van der Waals surface area contributed by atoms with Gasteiger partial charge < -0.3 is 15.5 Å². The third-order valence-corrected chi connectivity index (χ3v) is 2.04. The lowest BCUT2D eigenvalue weighted by Gasteiger charge is -2.13. The number of rotatable bonds is 6. The van der Waals surface area contributed by atoms with Crippen molar-refractivity contribution in [1.29, 1.82) is 0 Å². The number of hydrogen-bond donors (Lipinski definition) is 3. The molecule has 0 aliphatic rings. The first kappa shape index (κ1) is 14.2. The maximum Gasteiger partial charge on any atom is 0.326 e. The molecule has 0 aliphatic heterocycles. The van der Waals surface area contributed by atoms with Crippen LogP contribution < -0.4 is 5.32 Å². The molecule has 0 radical (unpaired) electrons. The average molecular weight is 229 g/mol. The molecule has 1 amide bonds. The zero-order valence-corrected chi connectivity index (χ0v) is 9.19. The van der Waals surface area contributed by atoms with Gasteiger partial charge in [-0.05, 0) is 20.3 Å². The van der Waals surface area contributed by atoms with Gasteiger partial charge in [0.05, 0.1) is 0 Å². The van der Waals surface area contributed by atoms with Gasteiger partial charge in [-0.2, -0.15) is 0 Å². The van der Waals surface area contributed by atoms with Gasteiger partial charge in [-0.15, -0.1) is 0 Å². The minimum Gasteiger partial charge on any atom is -0.481 e. The van der Waals surface area contributed by atoms with Gasteiger partial charge in [0, 0.05) is 12.0 Å². The van der Waals surface area contributed by atoms with Gasteiger partial charge in [0.15, 0.2) is 0 Å². The predicted molar refractivity (Wildman–Crippen MR) is 55.9 cm³/mol. The molecule has 3 N–H and O–H groups in total. The van der Waals surface area contributed by atoms with Crippen LogP contribution in [-0.4, -0.2) is 34.1 Å². The molecule has 0 aliphatic carbocycles. The van der Waals surface area contributed by atoms with E-state index in [4.69, 9.17) is 10.2 Å². The van der Waals surface area contributed by atoms with Gasteiger partial charge in [-0.1, -0.05) is 6.08 Å². The summed E-state index contributed by atoms with van der Waals surface area (Å²) in [6, 6.07) is -1.17. The molecule has 6 nitrogen and oxygen atoms in total. The number of aliphatic carboxylic acids is 2. The van der Waals surface area contributed by atoms with E-state index in [1.165, 1.54) is 0 Å². The molecule has 16 heavy (non-hydrogen) atoms. The number of carbonyl (C=O) groups excluding carboxylic acids is 1. The van der Waals surface area contributed by atoms with Gasteiger partial charge >= 0.3 is 11.9 Å². The molecule has 0 aromatic heterocycles. The molecule has 0 fully saturated rings. The number of carbonyl (C=O) groups is 3. The molecular formula is C10H15NO5. The second-order valence-corrected chi connectivity index (χ2v) is 3.27. The lowest BCUT2D eigenvalue weighted by atomic mass is 10.1. The van der Waals surface area contributed by atoms with Crippen LogP contribution in [0, 0.1) is 0 Å². The highest BCUT2D eigenvalue weighted by atomic mass is 16.4. The van der Waals surface area contributed by atoms with Crippen molar-refractivity contribution in [2.45, 2.75) is 32.7 Å². The maximum atomic E-state index is 11.3. The molecule has 1 atom stereocenters. The Balaban J connectivity index is 4.40. The van der Waals surface area contributed by atoms with E-state index >= 15 is 0 Å². The van der Waals surface area contributed by atoms with Gasteiger partial charge in [0.1, 0.15) is 6.04 Å². The van der Waals surface area contributed by atoms with Crippen LogP contribution in [0.5, 0.6) is 0 Å². The summed E-state index contributed by atoms with van der Waals surface area (Å²) >= 11 is 0. The summed E-state index contributed by atoms with van der Waals surface area (Å²) < 4.78 is 0. The average Bonchev–Trinajstić information content (AvgIpc) is 2.21. The zero-order chi connectivity index (χ0) is 12.7. The van der Waals surface area contributed by atoms with Crippen molar-refractivity contribution < 1.29 is 24.6 Å². The number of amides is 1. The summed E-state index contributed by atoms with van der Waals surface area (Å²) in [6.07, 6.45) is 1.12. The molecule has 0 heterocycles. The zero-order valence-electron chi connectivity index (χ0n) is 9.19. The molecule has 90 valence electrons. The quantitative estimate of drug-likeness (QED) is 0.571. The molecule has 0 aromatic rings. The number of carboxylic acids is 2. The Morgan fingerprint density at radius 3 is 2.25 bits per heavy atom. The SMILES string of the molecule is C/C=C(\C)C(=O)NC(CCC(=O)O)C(=O)O. The van der Waals surface area contributed by atoms with Gasteiger partial charge in [-0.25, -0.2) is 4.79 Å². The van der Waals surface area contributed by atoms with Crippen LogP contribution in [0.4, 0.5) is 0 Å². The van der Waals surface area contributed by atoms with Crippen LogP contribution in [0.25, 0.3) is 0 Å². The fraction of sp³-hybridized carbons (Fsp3) is 0.500. The smallest absolute Gasteiger partial charge is 0.326 e. The van der Waals surface area contributed by atoms with E-state index in [1.54, 1.807) is 19.9 Å². The summed E-state index contributed by atoms with van der Waals surface area (Å²) in [5.74, 6) is -2.83. The molecular weight excluding hydrogens is 214 g/mol. The van der Waals surface area contributed by atoms with Crippen molar-refractivity contribution in [1.82, 2.24) is 5.32 Å². The molecule has 0 rings (SSSR count). The lowest BCUT2D eigenvalue weighted by Crippen LogP contribution is -2.41. The van der Waals surface area contributed by atoms with E-state index in [2.05, 4.69) is 5.32 Å². The standard InChI is InChI=1S/C10H15NO5/c1-3-6(2)9(14)11-7(10(15)16)4-5-8(12)13/h3,7H,4-5H2,1-2H3,(H,11,14)(H,12,13)(H,15,16)/b6-3+. The fourth-order valence-corrected chi connectivity index (χ4v) is 0.928. The molecule has 1 unspecified atom stereocenters. The Bertz CT molecular complexity index is 321. The minimum atomic E-state index is -1.24. The number of hydrogen-bond acceptors (Lipinski definition) is 3. The topological polar surface area (TPSA) is 104 Å². The highest BCUT2D eigenvalue weighted by Gasteiger charge is 2.21. The lowest BCUT2D eigenvalue weighted by molar-refractivity contribution is -0.142. The summed E-state index contributed by atoms with van der Waals surface area (Å²) in [6.45, 7) is 3.20. The highest BCUT2D eigenvalue weighted by molar-refractivity contribution is 5.95. The van der Waals surface area contributed by atoms with E-state index in [9.17, 15) is 14.4 Å². The van der Waals surface area contributed by atoms with Crippen molar-refractivity contribution in [3.63, 3.8) is 0 Å². The minimum absolute atomic E-state index is 0.132. The van der Waals surface area contributed by atoms with Crippen LogP contribution in [0.3, 0.4) is 0 Å². The largest absolute Gasteiger partial charge is 0.481 e. The van der Waals surface area contributed by atoms with E-state index in [0.717, 1.165) is 0 Å². The molecule has 6 heteroatoms. The highest BCUT2D eigenvalue weighted by Crippen LogP contribution is 2.00. The first-order chi connectivity index (χ1) is 7.38. The monoisotopic (exact) mass is 229 g/mol. The van der Waals surface area contributed by atoms with Crippen molar-refractivity contribution in [2.24, 2.45) is 0 Å². The summed E-state index contributed by atoms with van der Waals surface area (Å²) in [5, 5.41) is 19.4.